The molecule has 4 aromatic rings. The summed E-state index contributed by atoms with van der Waals surface area (Å²) in [7, 11) is 0. The van der Waals surface area contributed by atoms with Gasteiger partial charge in [-0.15, -0.1) is 0 Å². The normalized spacial score (nSPS) is 14.1. The summed E-state index contributed by atoms with van der Waals surface area (Å²) in [6.07, 6.45) is 4.99. The fourth-order valence-corrected chi connectivity index (χ4v) is 4.88. The molecule has 190 valence electrons. The largest absolute Gasteiger partial charge is 0.464 e. The van der Waals surface area contributed by atoms with Crippen molar-refractivity contribution in [3.8, 4) is 0 Å². The van der Waals surface area contributed by atoms with Crippen LogP contribution in [0.15, 0.2) is 56.6 Å². The van der Waals surface area contributed by atoms with E-state index in [9.17, 15) is 9.59 Å². The van der Waals surface area contributed by atoms with Crippen LogP contribution in [0.4, 0.5) is 5.69 Å². The number of benzene rings is 2. The Kier molecular flexibility index (Phi) is 6.70. The van der Waals surface area contributed by atoms with Crippen LogP contribution < -0.4 is 10.7 Å². The molecule has 0 bridgehead atoms. The number of carbonyl (C=O) groups is 2. The average Bonchev–Trinajstić information content (AvgIpc) is 3.47. The first-order valence-electron chi connectivity index (χ1n) is 12.7. The third kappa shape index (κ3) is 4.81. The van der Waals surface area contributed by atoms with Gasteiger partial charge in [-0.25, -0.2) is 5.43 Å². The number of hydrazone groups is 1. The van der Waals surface area contributed by atoms with Crippen LogP contribution in [0.2, 0.25) is 0 Å². The third-order valence-corrected chi connectivity index (χ3v) is 7.16. The fourth-order valence-electron chi connectivity index (χ4n) is 4.88. The van der Waals surface area contributed by atoms with E-state index < -0.39 is 0 Å². The molecule has 0 saturated heterocycles. The van der Waals surface area contributed by atoms with E-state index in [1.54, 1.807) is 6.26 Å². The minimum absolute atomic E-state index is 0.161. The van der Waals surface area contributed by atoms with Gasteiger partial charge in [-0.1, -0.05) is 31.2 Å². The second-order valence-corrected chi connectivity index (χ2v) is 9.63. The Bertz CT molecular complexity index is 1520. The quantitative estimate of drug-likeness (QED) is 0.312. The standard InChI is InChI=1S/C30H31N3O4/c1-5-20-10-12-22(13-11-20)31-30(35)29-19(4)27-24(7-6-8-25(27)37-29)32-33-26(34)15-21-16-36-28-18(3)17(2)9-14-23(21)28/h9-14,16H,5-8,15H2,1-4H3,(H,31,35)(H,33,34)/b32-24+. The number of nitrogens with zero attached hydrogens (tertiary/aromatic N) is 1. The molecule has 2 amide bonds. The number of nitrogens with one attached hydrogen (secondary N) is 2. The molecule has 0 radical (unpaired) electrons. The lowest BCUT2D eigenvalue weighted by Crippen LogP contribution is -2.23. The van der Waals surface area contributed by atoms with Crippen LogP contribution in [0, 0.1) is 20.8 Å². The summed E-state index contributed by atoms with van der Waals surface area (Å²) in [5.74, 6) is 0.489. The van der Waals surface area contributed by atoms with Crippen LogP contribution in [-0.4, -0.2) is 17.5 Å². The van der Waals surface area contributed by atoms with E-state index >= 15 is 0 Å². The topological polar surface area (TPSA) is 96.8 Å². The predicted octanol–water partition coefficient (Wildman–Crippen LogP) is 6.17. The smallest absolute Gasteiger partial charge is 0.291 e. The van der Waals surface area contributed by atoms with Crippen molar-refractivity contribution < 1.29 is 18.4 Å². The van der Waals surface area contributed by atoms with Crippen molar-refractivity contribution in [3.63, 3.8) is 0 Å². The molecule has 2 aromatic heterocycles. The number of hydrogen-bond acceptors (Lipinski definition) is 5. The maximum absolute atomic E-state index is 13.0. The van der Waals surface area contributed by atoms with Gasteiger partial charge in [-0.3, -0.25) is 9.59 Å². The van der Waals surface area contributed by atoms with Gasteiger partial charge < -0.3 is 14.2 Å². The molecular weight excluding hydrogens is 466 g/mol. The molecule has 7 heteroatoms. The first kappa shape index (κ1) is 24.6. The predicted molar refractivity (Wildman–Crippen MR) is 144 cm³/mol. The minimum atomic E-state index is -0.295. The molecule has 5 rings (SSSR count). The Morgan fingerprint density at radius 1 is 1.00 bits per heavy atom. The lowest BCUT2D eigenvalue weighted by Gasteiger charge is -2.13. The molecule has 7 nitrogen and oxygen atoms in total. The SMILES string of the molecule is CCc1ccc(NC(=O)c2oc3c(c2C)/C(=N/NC(=O)Cc2coc4c(C)c(C)ccc24)CCC3)cc1. The van der Waals surface area contributed by atoms with E-state index in [0.29, 0.717) is 12.1 Å². The highest BCUT2D eigenvalue weighted by Crippen LogP contribution is 2.31. The highest BCUT2D eigenvalue weighted by atomic mass is 16.4. The van der Waals surface area contributed by atoms with Gasteiger partial charge in [0.25, 0.3) is 5.91 Å². The van der Waals surface area contributed by atoms with Crippen LogP contribution in [0.25, 0.3) is 11.0 Å². The maximum Gasteiger partial charge on any atom is 0.291 e. The van der Waals surface area contributed by atoms with Crippen molar-refractivity contribution in [3.05, 3.63) is 87.6 Å². The minimum Gasteiger partial charge on any atom is -0.464 e. The highest BCUT2D eigenvalue weighted by Gasteiger charge is 2.28. The van der Waals surface area contributed by atoms with Crippen molar-refractivity contribution in [2.75, 3.05) is 5.32 Å². The van der Waals surface area contributed by atoms with Gasteiger partial charge in [0.05, 0.1) is 18.4 Å². The lowest BCUT2D eigenvalue weighted by atomic mass is 9.93. The Labute approximate surface area is 215 Å². The van der Waals surface area contributed by atoms with Crippen molar-refractivity contribution in [2.24, 2.45) is 5.10 Å². The summed E-state index contributed by atoms with van der Waals surface area (Å²) in [5.41, 5.74) is 10.8. The van der Waals surface area contributed by atoms with Crippen LogP contribution in [-0.2, 0) is 24.1 Å². The zero-order valence-corrected chi connectivity index (χ0v) is 21.7. The van der Waals surface area contributed by atoms with Gasteiger partial charge in [0.2, 0.25) is 5.91 Å². The molecule has 0 spiro atoms. The fraction of sp³-hybridized carbons (Fsp3) is 0.300. The van der Waals surface area contributed by atoms with Gasteiger partial charge in [-0.2, -0.15) is 5.10 Å². The Balaban J connectivity index is 1.32. The zero-order chi connectivity index (χ0) is 26.1. The molecule has 0 aliphatic heterocycles. The van der Waals surface area contributed by atoms with Crippen molar-refractivity contribution >= 4 is 34.2 Å². The third-order valence-electron chi connectivity index (χ3n) is 7.16. The van der Waals surface area contributed by atoms with Crippen molar-refractivity contribution in [2.45, 2.75) is 59.8 Å². The molecular formula is C30H31N3O4. The maximum atomic E-state index is 13.0. The van der Waals surface area contributed by atoms with Crippen molar-refractivity contribution in [1.29, 1.82) is 0 Å². The summed E-state index contributed by atoms with van der Waals surface area (Å²) < 4.78 is 11.7. The van der Waals surface area contributed by atoms with E-state index in [2.05, 4.69) is 22.8 Å². The van der Waals surface area contributed by atoms with Crippen LogP contribution in [0.5, 0.6) is 0 Å². The van der Waals surface area contributed by atoms with E-state index in [-0.39, 0.29) is 24.0 Å². The molecule has 2 N–H and O–H groups in total. The number of anilines is 1. The molecule has 0 fully saturated rings. The van der Waals surface area contributed by atoms with Crippen molar-refractivity contribution in [1.82, 2.24) is 5.43 Å². The summed E-state index contributed by atoms with van der Waals surface area (Å²) >= 11 is 0. The number of amides is 2. The van der Waals surface area contributed by atoms with E-state index in [4.69, 9.17) is 8.83 Å². The highest BCUT2D eigenvalue weighted by molar-refractivity contribution is 6.09. The van der Waals surface area contributed by atoms with Gasteiger partial charge in [-0.05, 0) is 68.9 Å². The Morgan fingerprint density at radius 3 is 2.54 bits per heavy atom. The number of hydrogen-bond donors (Lipinski definition) is 2. The Morgan fingerprint density at radius 2 is 1.78 bits per heavy atom. The summed E-state index contributed by atoms with van der Waals surface area (Å²) in [4.78, 5) is 25.7. The molecule has 1 aliphatic carbocycles. The molecule has 2 heterocycles. The Hall–Kier alpha value is -4.13. The number of fused-ring (bicyclic) bond motifs is 2. The average molecular weight is 498 g/mol. The molecule has 1 aliphatic rings. The van der Waals surface area contributed by atoms with Crippen LogP contribution >= 0.6 is 0 Å². The molecule has 0 unspecified atom stereocenters. The van der Waals surface area contributed by atoms with Gasteiger partial charge in [0, 0.05) is 34.2 Å². The van der Waals surface area contributed by atoms with Crippen LogP contribution in [0.3, 0.4) is 0 Å². The van der Waals surface area contributed by atoms with Gasteiger partial charge >= 0.3 is 0 Å². The zero-order valence-electron chi connectivity index (χ0n) is 21.7. The number of carbonyl (C=O) groups excluding carboxylic acids is 2. The summed E-state index contributed by atoms with van der Waals surface area (Å²) in [6.45, 7) is 8.01. The monoisotopic (exact) mass is 497 g/mol. The van der Waals surface area contributed by atoms with E-state index in [1.807, 2.05) is 57.2 Å². The van der Waals surface area contributed by atoms with Gasteiger partial charge in [0.1, 0.15) is 11.3 Å². The first-order valence-corrected chi connectivity index (χ1v) is 12.7. The first-order chi connectivity index (χ1) is 17.9. The number of rotatable bonds is 6. The van der Waals surface area contributed by atoms with Crippen LogP contribution in [0.1, 0.15) is 69.5 Å². The molecule has 2 aromatic carbocycles. The molecule has 37 heavy (non-hydrogen) atoms. The van der Waals surface area contributed by atoms with E-state index in [0.717, 1.165) is 69.5 Å². The summed E-state index contributed by atoms with van der Waals surface area (Å²) in [5, 5.41) is 8.31. The second-order valence-electron chi connectivity index (χ2n) is 9.63. The summed E-state index contributed by atoms with van der Waals surface area (Å²) in [6, 6.07) is 11.8. The number of aryl methyl sites for hydroxylation is 4. The molecule has 0 atom stereocenters. The van der Waals surface area contributed by atoms with Gasteiger partial charge in [0.15, 0.2) is 5.76 Å². The molecule has 0 saturated carbocycles. The van der Waals surface area contributed by atoms with E-state index in [1.165, 1.54) is 5.56 Å². The number of furan rings is 2. The second kappa shape index (κ2) is 10.1. The lowest BCUT2D eigenvalue weighted by molar-refractivity contribution is -0.120.